The van der Waals surface area contributed by atoms with E-state index in [0.717, 1.165) is 24.3 Å². The molecule has 0 spiro atoms. The van der Waals surface area contributed by atoms with E-state index < -0.39 is 34.9 Å². The van der Waals surface area contributed by atoms with Gasteiger partial charge in [-0.25, -0.2) is 0 Å². The van der Waals surface area contributed by atoms with E-state index in [1.165, 1.54) is 36.4 Å². The van der Waals surface area contributed by atoms with Gasteiger partial charge in [0.05, 0.1) is 5.66 Å². The van der Waals surface area contributed by atoms with Crippen LogP contribution in [0.4, 0.5) is 13.2 Å². The Labute approximate surface area is 176 Å². The molecule has 3 nitrogen and oxygen atoms in total. The maximum atomic E-state index is 14.2. The van der Waals surface area contributed by atoms with Gasteiger partial charge in [0, 0.05) is 11.1 Å². The standard InChI is InChI=1S/C22H17ClF3O3P/c1-15-9-5-6-12-17(15)19(27)21(23)14-8-7-13-18(21)30(29,22(24,25)26)20(28)16-10-3-2-4-11-16/h2-14,18H,1H3. The molecule has 0 bridgehead atoms. The zero-order valence-electron chi connectivity index (χ0n) is 15.8. The predicted molar refractivity (Wildman–Crippen MR) is 111 cm³/mol. The second-order valence-electron chi connectivity index (χ2n) is 6.90. The maximum absolute atomic E-state index is 14.2. The Bertz CT molecular complexity index is 1090. The van der Waals surface area contributed by atoms with E-state index in [4.69, 9.17) is 11.6 Å². The lowest BCUT2D eigenvalue weighted by Gasteiger charge is -2.37. The molecule has 0 radical (unpaired) electrons. The van der Waals surface area contributed by atoms with Crippen molar-refractivity contribution in [1.82, 2.24) is 0 Å². The zero-order chi connectivity index (χ0) is 22.2. The highest BCUT2D eigenvalue weighted by Crippen LogP contribution is 2.70. The largest absolute Gasteiger partial charge is 0.447 e. The lowest BCUT2D eigenvalue weighted by Crippen LogP contribution is -2.46. The smallest absolute Gasteiger partial charge is 0.305 e. The number of allylic oxidation sites excluding steroid dienone is 4. The fourth-order valence-electron chi connectivity index (χ4n) is 3.41. The van der Waals surface area contributed by atoms with Crippen LogP contribution in [-0.2, 0) is 4.57 Å². The molecule has 0 heterocycles. The molecule has 0 saturated carbocycles. The van der Waals surface area contributed by atoms with Crippen LogP contribution < -0.4 is 0 Å². The van der Waals surface area contributed by atoms with Gasteiger partial charge in [0.1, 0.15) is 4.87 Å². The molecule has 8 heteroatoms. The second-order valence-corrected chi connectivity index (χ2v) is 10.3. The summed E-state index contributed by atoms with van der Waals surface area (Å²) >= 11 is 6.51. The molecule has 3 unspecified atom stereocenters. The number of carbonyl (C=O) groups is 2. The van der Waals surface area contributed by atoms with Crippen molar-refractivity contribution >= 4 is 30.1 Å². The van der Waals surface area contributed by atoms with Crippen molar-refractivity contribution in [3.8, 4) is 0 Å². The van der Waals surface area contributed by atoms with Crippen LogP contribution in [0.2, 0.25) is 0 Å². The van der Waals surface area contributed by atoms with Gasteiger partial charge >= 0.3 is 5.92 Å². The second kappa shape index (κ2) is 8.01. The van der Waals surface area contributed by atoms with Gasteiger partial charge in [-0.3, -0.25) is 9.59 Å². The molecule has 3 rings (SSSR count). The van der Waals surface area contributed by atoms with Crippen LogP contribution in [0.1, 0.15) is 26.3 Å². The Morgan fingerprint density at radius 2 is 1.60 bits per heavy atom. The fourth-order valence-corrected chi connectivity index (χ4v) is 6.47. The zero-order valence-corrected chi connectivity index (χ0v) is 17.4. The first-order valence-electron chi connectivity index (χ1n) is 8.95. The van der Waals surface area contributed by atoms with E-state index in [-0.39, 0.29) is 11.1 Å². The average Bonchev–Trinajstić information content (AvgIpc) is 2.72. The highest BCUT2D eigenvalue weighted by atomic mass is 35.5. The Morgan fingerprint density at radius 1 is 1.00 bits per heavy atom. The SMILES string of the molecule is Cc1ccccc1C(=O)C1(Cl)C=CC=CC1P(=O)(C(=O)c1ccccc1)C(F)(F)F. The molecule has 3 atom stereocenters. The van der Waals surface area contributed by atoms with Gasteiger partial charge in [0.15, 0.2) is 5.78 Å². The summed E-state index contributed by atoms with van der Waals surface area (Å²) in [6, 6.07) is 12.8. The van der Waals surface area contributed by atoms with Crippen molar-refractivity contribution in [2.45, 2.75) is 23.4 Å². The Balaban J connectivity index is 2.20. The molecule has 0 fully saturated rings. The Kier molecular flexibility index (Phi) is 5.94. The van der Waals surface area contributed by atoms with Crippen LogP contribution in [0.5, 0.6) is 0 Å². The van der Waals surface area contributed by atoms with Crippen LogP contribution >= 0.6 is 18.7 Å². The minimum atomic E-state index is -5.73. The first-order valence-corrected chi connectivity index (χ1v) is 11.1. The summed E-state index contributed by atoms with van der Waals surface area (Å²) in [4.78, 5) is 23.8. The number of ketones is 1. The van der Waals surface area contributed by atoms with Crippen molar-refractivity contribution in [2.75, 3.05) is 0 Å². The maximum Gasteiger partial charge on any atom is 0.447 e. The van der Waals surface area contributed by atoms with Crippen LogP contribution in [0, 0.1) is 6.92 Å². The van der Waals surface area contributed by atoms with Gasteiger partial charge in [0.2, 0.25) is 5.52 Å². The summed E-state index contributed by atoms with van der Waals surface area (Å²) in [7, 11) is -5.73. The lowest BCUT2D eigenvalue weighted by atomic mass is 9.88. The van der Waals surface area contributed by atoms with Crippen molar-refractivity contribution in [2.24, 2.45) is 0 Å². The summed E-state index contributed by atoms with van der Waals surface area (Å²) in [5.41, 5.74) is -3.43. The monoisotopic (exact) mass is 452 g/mol. The number of aryl methyl sites for hydroxylation is 1. The lowest BCUT2D eigenvalue weighted by molar-refractivity contribution is -0.0465. The average molecular weight is 453 g/mol. The summed E-state index contributed by atoms with van der Waals surface area (Å²) in [6.07, 6.45) is 4.55. The minimum absolute atomic E-state index is 0.0957. The molecule has 0 aliphatic heterocycles. The molecule has 0 saturated heterocycles. The highest BCUT2D eigenvalue weighted by Gasteiger charge is 2.66. The molecule has 156 valence electrons. The normalized spacial score (nSPS) is 23.0. The van der Waals surface area contributed by atoms with Crippen molar-refractivity contribution in [3.05, 3.63) is 95.6 Å². The highest BCUT2D eigenvalue weighted by molar-refractivity contribution is 7.82. The quantitative estimate of drug-likeness (QED) is 0.301. The van der Waals surface area contributed by atoms with Gasteiger partial charge in [-0.2, -0.15) is 13.2 Å². The van der Waals surface area contributed by atoms with E-state index in [0.29, 0.717) is 5.56 Å². The summed E-state index contributed by atoms with van der Waals surface area (Å²) in [5, 5.41) is 0. The first kappa shape index (κ1) is 22.3. The number of alkyl halides is 4. The van der Waals surface area contributed by atoms with Gasteiger partial charge in [-0.05, 0) is 12.5 Å². The molecule has 0 aromatic heterocycles. The molecule has 2 aromatic rings. The number of carbonyl (C=O) groups excluding carboxylic acids is 2. The summed E-state index contributed by atoms with van der Waals surface area (Å²) in [6.45, 7) is 1.61. The fraction of sp³-hybridized carbons (Fsp3) is 0.182. The summed E-state index contributed by atoms with van der Waals surface area (Å²) in [5.74, 6) is -6.25. The number of Topliss-reactive ketones (excluding diaryl/α,β-unsaturated/α-hetero) is 1. The molecule has 1 aliphatic carbocycles. The number of benzene rings is 2. The number of rotatable bonds is 5. The third-order valence-corrected chi connectivity index (χ3v) is 8.66. The predicted octanol–water partition coefficient (Wildman–Crippen LogP) is 6.37. The van der Waals surface area contributed by atoms with Crippen molar-refractivity contribution in [1.29, 1.82) is 0 Å². The van der Waals surface area contributed by atoms with Crippen LogP contribution in [0.15, 0.2) is 78.9 Å². The summed E-state index contributed by atoms with van der Waals surface area (Å²) < 4.78 is 56.1. The van der Waals surface area contributed by atoms with E-state index >= 15 is 0 Å². The third kappa shape index (κ3) is 3.59. The van der Waals surface area contributed by atoms with Gasteiger partial charge in [0.25, 0.3) is 7.14 Å². The Morgan fingerprint density at radius 3 is 2.20 bits per heavy atom. The van der Waals surface area contributed by atoms with Gasteiger partial charge < -0.3 is 4.57 Å². The molecule has 30 heavy (non-hydrogen) atoms. The van der Waals surface area contributed by atoms with E-state index in [1.807, 2.05) is 0 Å². The van der Waals surface area contributed by atoms with Crippen LogP contribution in [-0.4, -0.2) is 27.8 Å². The number of halogens is 4. The topological polar surface area (TPSA) is 51.2 Å². The van der Waals surface area contributed by atoms with Gasteiger partial charge in [-0.1, -0.05) is 78.9 Å². The molecule has 1 aliphatic rings. The number of hydrogen-bond acceptors (Lipinski definition) is 3. The molecular formula is C22H17ClF3O3P. The first-order chi connectivity index (χ1) is 14.0. The molecule has 0 amide bonds. The third-order valence-electron chi connectivity index (χ3n) is 5.00. The minimum Gasteiger partial charge on any atom is -0.305 e. The van der Waals surface area contributed by atoms with Gasteiger partial charge in [-0.15, -0.1) is 11.6 Å². The Hall–Kier alpha value is -2.43. The molecule has 0 N–H and O–H groups in total. The molecular weight excluding hydrogens is 436 g/mol. The van der Waals surface area contributed by atoms with E-state index in [2.05, 4.69) is 0 Å². The molecule has 2 aromatic carbocycles. The van der Waals surface area contributed by atoms with Crippen LogP contribution in [0.25, 0.3) is 0 Å². The van der Waals surface area contributed by atoms with E-state index in [9.17, 15) is 27.3 Å². The number of hydrogen-bond donors (Lipinski definition) is 0. The van der Waals surface area contributed by atoms with Crippen LogP contribution in [0.3, 0.4) is 0 Å². The van der Waals surface area contributed by atoms with Crippen molar-refractivity contribution < 1.29 is 27.3 Å². The van der Waals surface area contributed by atoms with Crippen molar-refractivity contribution in [3.63, 3.8) is 0 Å². The van der Waals surface area contributed by atoms with E-state index in [1.54, 1.807) is 25.1 Å².